The van der Waals surface area contributed by atoms with E-state index in [0.29, 0.717) is 45.8 Å². The van der Waals surface area contributed by atoms with Crippen LogP contribution in [-0.4, -0.2) is 61.9 Å². The van der Waals surface area contributed by atoms with Crippen LogP contribution in [0.1, 0.15) is 91.4 Å². The van der Waals surface area contributed by atoms with Gasteiger partial charge in [0.2, 0.25) is 11.8 Å². The molecule has 33 heavy (non-hydrogen) atoms. The number of methoxy groups -OCH3 is 1. The van der Waals surface area contributed by atoms with Crippen molar-refractivity contribution in [3.63, 3.8) is 0 Å². The zero-order chi connectivity index (χ0) is 24.5. The third-order valence-electron chi connectivity index (χ3n) is 6.81. The van der Waals surface area contributed by atoms with Gasteiger partial charge < -0.3 is 14.6 Å². The van der Waals surface area contributed by atoms with Crippen molar-refractivity contribution in [1.82, 2.24) is 4.90 Å². The molecule has 0 radical (unpaired) electrons. The maximum atomic E-state index is 13.3. The Labute approximate surface area is 202 Å². The number of carbonyl (C=O) groups excluding carboxylic acids is 2. The molecule has 0 aromatic rings. The summed E-state index contributed by atoms with van der Waals surface area (Å²) in [7, 11) is 1.63. The topological polar surface area (TPSA) is 76.1 Å². The highest BCUT2D eigenvalue weighted by atomic mass is 16.5. The first-order valence-electron chi connectivity index (χ1n) is 13.1. The summed E-state index contributed by atoms with van der Waals surface area (Å²) in [6, 6.07) is 0. The monoisotopic (exact) mass is 467 g/mol. The summed E-state index contributed by atoms with van der Waals surface area (Å²) in [6.07, 6.45) is 15.8. The van der Waals surface area contributed by atoms with Crippen LogP contribution in [0.4, 0.5) is 0 Å². The van der Waals surface area contributed by atoms with Crippen molar-refractivity contribution < 1.29 is 24.2 Å². The fraction of sp³-hybridized carbons (Fsp3) is 0.852. The summed E-state index contributed by atoms with van der Waals surface area (Å²) in [6.45, 7) is 8.42. The molecule has 0 aromatic carbocycles. The molecule has 1 heterocycles. The minimum Gasteiger partial charge on any atom is -0.396 e. The lowest BCUT2D eigenvalue weighted by Crippen LogP contribution is -2.39. The van der Waals surface area contributed by atoms with Crippen LogP contribution >= 0.6 is 0 Å². The average Bonchev–Trinajstić information content (AvgIpc) is 3.04. The quantitative estimate of drug-likeness (QED) is 0.152. The van der Waals surface area contributed by atoms with E-state index in [1.165, 1.54) is 37.0 Å². The van der Waals surface area contributed by atoms with Gasteiger partial charge in [0.15, 0.2) is 0 Å². The molecule has 0 aliphatic carbocycles. The van der Waals surface area contributed by atoms with Crippen molar-refractivity contribution in [3.8, 4) is 0 Å². The lowest BCUT2D eigenvalue weighted by Gasteiger charge is -2.33. The molecular weight excluding hydrogens is 418 g/mol. The van der Waals surface area contributed by atoms with Crippen LogP contribution in [0.3, 0.4) is 0 Å². The van der Waals surface area contributed by atoms with E-state index < -0.39 is 5.41 Å². The maximum Gasteiger partial charge on any atom is 0.234 e. The number of allylic oxidation sites excluding steroid dienone is 1. The lowest BCUT2D eigenvalue weighted by molar-refractivity contribution is -0.141. The molecule has 0 aromatic heterocycles. The van der Waals surface area contributed by atoms with Crippen LogP contribution in [0, 0.1) is 17.3 Å². The summed E-state index contributed by atoms with van der Waals surface area (Å²) in [5.74, 6) is -0.774. The zero-order valence-corrected chi connectivity index (χ0v) is 21.7. The van der Waals surface area contributed by atoms with Gasteiger partial charge in [-0.1, -0.05) is 70.9 Å². The van der Waals surface area contributed by atoms with Crippen molar-refractivity contribution in [1.29, 1.82) is 0 Å². The van der Waals surface area contributed by atoms with Gasteiger partial charge in [0.1, 0.15) is 0 Å². The highest BCUT2D eigenvalue weighted by molar-refractivity contribution is 6.05. The van der Waals surface area contributed by atoms with Gasteiger partial charge in [-0.15, -0.1) is 0 Å². The molecule has 0 spiro atoms. The van der Waals surface area contributed by atoms with Gasteiger partial charge in [-0.05, 0) is 32.6 Å². The summed E-state index contributed by atoms with van der Waals surface area (Å²) in [4.78, 5) is 27.7. The molecule has 0 bridgehead atoms. The largest absolute Gasteiger partial charge is 0.396 e. The molecule has 1 N–H and O–H groups in total. The Bertz CT molecular complexity index is 579. The molecule has 1 rings (SSSR count). The van der Waals surface area contributed by atoms with Crippen molar-refractivity contribution >= 4 is 11.8 Å². The molecule has 1 aliphatic rings. The average molecular weight is 468 g/mol. The Balaban J connectivity index is 2.49. The molecule has 192 valence electrons. The summed E-state index contributed by atoms with van der Waals surface area (Å²) in [5, 5.41) is 8.80. The van der Waals surface area contributed by atoms with Gasteiger partial charge in [0.25, 0.3) is 0 Å². The van der Waals surface area contributed by atoms with E-state index in [0.717, 1.165) is 25.7 Å². The van der Waals surface area contributed by atoms with E-state index in [2.05, 4.69) is 13.0 Å². The normalized spacial score (nSPS) is 20.8. The summed E-state index contributed by atoms with van der Waals surface area (Å²) in [5.41, 5.74) is -0.493. The predicted octanol–water partition coefficient (Wildman–Crippen LogP) is 5.14. The van der Waals surface area contributed by atoms with E-state index in [9.17, 15) is 9.59 Å². The molecule has 1 aliphatic heterocycles. The van der Waals surface area contributed by atoms with Gasteiger partial charge in [0, 0.05) is 38.9 Å². The Hall–Kier alpha value is -1.24. The molecule has 6 nitrogen and oxygen atoms in total. The van der Waals surface area contributed by atoms with Crippen LogP contribution in [0.5, 0.6) is 0 Å². The van der Waals surface area contributed by atoms with Gasteiger partial charge in [-0.3, -0.25) is 14.5 Å². The Morgan fingerprint density at radius 1 is 0.939 bits per heavy atom. The first-order chi connectivity index (χ1) is 16.0. The second-order valence-electron chi connectivity index (χ2n) is 9.63. The third kappa shape index (κ3) is 9.87. The number of nitrogens with zero attached hydrogens (tertiary/aromatic N) is 1. The van der Waals surface area contributed by atoms with Crippen LogP contribution in [0.25, 0.3) is 0 Å². The summed E-state index contributed by atoms with van der Waals surface area (Å²) >= 11 is 0. The Morgan fingerprint density at radius 3 is 2.09 bits per heavy atom. The standard InChI is InChI=1S/C27H49NO5/c1-5-17-27(3,22-33-21-15-13-11-9-7-8-10-12-14-19-29)24-23(6-2)25(30)28(26(24)31)18-16-20-32-4/h5,17,23-24,29H,6-16,18-22H2,1-4H3/b17-5-. The van der Waals surface area contributed by atoms with Gasteiger partial charge >= 0.3 is 0 Å². The molecule has 2 amide bonds. The number of ether oxygens (including phenoxy) is 2. The van der Waals surface area contributed by atoms with E-state index in [1.54, 1.807) is 7.11 Å². The summed E-state index contributed by atoms with van der Waals surface area (Å²) < 4.78 is 11.2. The number of hydrogen-bond donors (Lipinski definition) is 1. The smallest absolute Gasteiger partial charge is 0.234 e. The SMILES string of the molecule is C/C=C\C(C)(COCCCCCCCCCCCO)C1C(=O)N(CCCOC)C(=O)C1CC. The predicted molar refractivity (Wildman–Crippen MR) is 133 cm³/mol. The Morgan fingerprint density at radius 2 is 1.55 bits per heavy atom. The highest BCUT2D eigenvalue weighted by Crippen LogP contribution is 2.43. The number of hydrogen-bond acceptors (Lipinski definition) is 5. The van der Waals surface area contributed by atoms with Crippen molar-refractivity contribution in [3.05, 3.63) is 12.2 Å². The van der Waals surface area contributed by atoms with Crippen molar-refractivity contribution in [2.75, 3.05) is 40.1 Å². The number of aliphatic hydroxyl groups excluding tert-OH is 1. The highest BCUT2D eigenvalue weighted by Gasteiger charge is 2.53. The molecule has 0 saturated carbocycles. The minimum absolute atomic E-state index is 0.0457. The van der Waals surface area contributed by atoms with Crippen LogP contribution in [0.2, 0.25) is 0 Å². The lowest BCUT2D eigenvalue weighted by atomic mass is 9.71. The molecule has 1 fully saturated rings. The molecule has 3 atom stereocenters. The first kappa shape index (κ1) is 29.8. The van der Waals surface area contributed by atoms with Crippen LogP contribution < -0.4 is 0 Å². The van der Waals surface area contributed by atoms with Gasteiger partial charge in [-0.2, -0.15) is 0 Å². The molecule has 1 saturated heterocycles. The fourth-order valence-electron chi connectivity index (χ4n) is 5.00. The van der Waals surface area contributed by atoms with Gasteiger partial charge in [-0.25, -0.2) is 0 Å². The van der Waals surface area contributed by atoms with E-state index in [4.69, 9.17) is 14.6 Å². The minimum atomic E-state index is -0.493. The number of aliphatic hydroxyl groups is 1. The van der Waals surface area contributed by atoms with E-state index in [1.807, 2.05) is 19.9 Å². The second-order valence-corrected chi connectivity index (χ2v) is 9.63. The number of rotatable bonds is 20. The number of likely N-dealkylation sites (tertiary alicyclic amines) is 1. The number of carbonyl (C=O) groups is 2. The third-order valence-corrected chi connectivity index (χ3v) is 6.81. The molecule has 3 unspecified atom stereocenters. The van der Waals surface area contributed by atoms with Crippen LogP contribution in [-0.2, 0) is 19.1 Å². The van der Waals surface area contributed by atoms with Gasteiger partial charge in [0.05, 0.1) is 18.4 Å². The van der Waals surface area contributed by atoms with Crippen molar-refractivity contribution in [2.24, 2.45) is 17.3 Å². The Kier molecular flexibility index (Phi) is 15.6. The van der Waals surface area contributed by atoms with E-state index >= 15 is 0 Å². The maximum absolute atomic E-state index is 13.3. The number of amides is 2. The molecule has 6 heteroatoms. The number of imide groups is 1. The zero-order valence-electron chi connectivity index (χ0n) is 21.7. The molecular formula is C27H49NO5. The first-order valence-corrected chi connectivity index (χ1v) is 13.1. The second kappa shape index (κ2) is 17.2. The fourth-order valence-corrected chi connectivity index (χ4v) is 5.00. The van der Waals surface area contributed by atoms with E-state index in [-0.39, 0.29) is 23.7 Å². The van der Waals surface area contributed by atoms with Crippen LogP contribution in [0.15, 0.2) is 12.2 Å². The number of unbranched alkanes of at least 4 members (excludes halogenated alkanes) is 8. The van der Waals surface area contributed by atoms with Crippen molar-refractivity contribution in [2.45, 2.75) is 91.4 Å².